The van der Waals surface area contributed by atoms with Crippen LogP contribution in [0.4, 0.5) is 13.6 Å². The number of hydrogen-bond donors (Lipinski definition) is 2. The van der Waals surface area contributed by atoms with Crippen LogP contribution in [-0.2, 0) is 11.3 Å². The van der Waals surface area contributed by atoms with E-state index in [1.165, 1.54) is 12.1 Å². The van der Waals surface area contributed by atoms with Gasteiger partial charge in [-0.15, -0.1) is 0 Å². The number of imide groups is 1. The van der Waals surface area contributed by atoms with E-state index in [2.05, 4.69) is 15.4 Å². The van der Waals surface area contributed by atoms with E-state index in [-0.39, 0.29) is 11.8 Å². The van der Waals surface area contributed by atoms with Crippen LogP contribution in [0.3, 0.4) is 0 Å². The molecule has 1 aliphatic carbocycles. The summed E-state index contributed by atoms with van der Waals surface area (Å²) in [6, 6.07) is 5.38. The monoisotopic (exact) mass is 341 g/mol. The van der Waals surface area contributed by atoms with E-state index >= 15 is 0 Å². The summed E-state index contributed by atoms with van der Waals surface area (Å²) in [5.74, 6) is -0.313. The molecule has 0 aliphatic heterocycles. The molecule has 2 N–H and O–H groups in total. The minimum absolute atomic E-state index is 0.0824. The summed E-state index contributed by atoms with van der Waals surface area (Å²) >= 11 is 0. The molecule has 1 unspecified atom stereocenters. The van der Waals surface area contributed by atoms with Gasteiger partial charge in [-0.25, -0.2) is 4.79 Å². The van der Waals surface area contributed by atoms with Crippen molar-refractivity contribution in [2.45, 2.75) is 45.0 Å². The highest BCUT2D eigenvalue weighted by atomic mass is 19.3. The second-order valence-corrected chi connectivity index (χ2v) is 5.85. The fraction of sp³-hybridized carbons (Fsp3) is 0.500. The predicted molar refractivity (Wildman–Crippen MR) is 83.7 cm³/mol. The molecule has 8 heteroatoms. The summed E-state index contributed by atoms with van der Waals surface area (Å²) in [5, 5.41) is 5.00. The lowest BCUT2D eigenvalue weighted by atomic mass is 10.2. The van der Waals surface area contributed by atoms with Crippen LogP contribution in [0.25, 0.3) is 0 Å². The number of benzene rings is 1. The molecular weight excluding hydrogens is 320 g/mol. The Hall–Kier alpha value is -2.22. The Bertz CT molecular complexity index is 576. The van der Waals surface area contributed by atoms with Gasteiger partial charge in [-0.3, -0.25) is 15.0 Å². The van der Waals surface area contributed by atoms with Gasteiger partial charge < -0.3 is 10.1 Å². The second kappa shape index (κ2) is 8.05. The van der Waals surface area contributed by atoms with Gasteiger partial charge in [0.2, 0.25) is 5.91 Å². The summed E-state index contributed by atoms with van der Waals surface area (Å²) < 4.78 is 28.5. The largest absolute Gasteiger partial charge is 0.435 e. The molecule has 0 aromatic heterocycles. The first-order chi connectivity index (χ1) is 11.3. The standard InChI is InChI=1S/C16H21F2N3O3/c1-10(14(22)20-16(23)19-12-5-6-12)21(2)9-11-3-7-13(8-4-11)24-15(17)18/h3-4,7-8,10,12,15H,5-6,9H2,1-2H3,(H2,19,20,22,23). The van der Waals surface area contributed by atoms with Crippen molar-refractivity contribution in [1.82, 2.24) is 15.5 Å². The number of rotatable bonds is 7. The van der Waals surface area contributed by atoms with E-state index in [0.717, 1.165) is 18.4 Å². The molecule has 0 bridgehead atoms. The fourth-order valence-corrected chi connectivity index (χ4v) is 2.07. The van der Waals surface area contributed by atoms with E-state index in [1.54, 1.807) is 31.0 Å². The zero-order chi connectivity index (χ0) is 17.7. The molecule has 3 amide bonds. The van der Waals surface area contributed by atoms with Crippen LogP contribution >= 0.6 is 0 Å². The van der Waals surface area contributed by atoms with Crippen LogP contribution in [0.15, 0.2) is 24.3 Å². The normalized spacial score (nSPS) is 15.2. The second-order valence-electron chi connectivity index (χ2n) is 5.85. The minimum Gasteiger partial charge on any atom is -0.435 e. The van der Waals surface area contributed by atoms with Crippen molar-refractivity contribution in [3.8, 4) is 5.75 Å². The number of likely N-dealkylation sites (N-methyl/N-ethyl adjacent to an activating group) is 1. The zero-order valence-corrected chi connectivity index (χ0v) is 13.6. The first-order valence-corrected chi connectivity index (χ1v) is 7.70. The third-order valence-electron chi connectivity index (χ3n) is 3.77. The van der Waals surface area contributed by atoms with Gasteiger partial charge in [0.15, 0.2) is 0 Å². The molecule has 1 aromatic carbocycles. The maximum Gasteiger partial charge on any atom is 0.387 e. The first kappa shape index (κ1) is 18.1. The van der Waals surface area contributed by atoms with E-state index in [1.807, 2.05) is 0 Å². The number of hydrogen-bond acceptors (Lipinski definition) is 4. The van der Waals surface area contributed by atoms with Crippen molar-refractivity contribution in [3.05, 3.63) is 29.8 Å². The number of halogens is 2. The molecule has 1 fully saturated rings. The van der Waals surface area contributed by atoms with Crippen molar-refractivity contribution >= 4 is 11.9 Å². The highest BCUT2D eigenvalue weighted by Gasteiger charge is 2.25. The first-order valence-electron chi connectivity index (χ1n) is 7.70. The highest BCUT2D eigenvalue weighted by Crippen LogP contribution is 2.18. The molecule has 1 atom stereocenters. The van der Waals surface area contributed by atoms with Crippen LogP contribution < -0.4 is 15.4 Å². The zero-order valence-electron chi connectivity index (χ0n) is 13.6. The SMILES string of the molecule is CC(C(=O)NC(=O)NC1CC1)N(C)Cc1ccc(OC(F)F)cc1. The minimum atomic E-state index is -2.86. The van der Waals surface area contributed by atoms with E-state index < -0.39 is 24.6 Å². The smallest absolute Gasteiger partial charge is 0.387 e. The Morgan fingerprint density at radius 1 is 1.29 bits per heavy atom. The lowest BCUT2D eigenvalue weighted by Gasteiger charge is -2.23. The molecule has 1 saturated carbocycles. The molecule has 0 radical (unpaired) electrons. The van der Waals surface area contributed by atoms with Crippen molar-refractivity contribution in [2.75, 3.05) is 7.05 Å². The Balaban J connectivity index is 1.82. The Morgan fingerprint density at radius 3 is 2.46 bits per heavy atom. The maximum absolute atomic E-state index is 12.1. The fourth-order valence-electron chi connectivity index (χ4n) is 2.07. The number of ether oxygens (including phenoxy) is 1. The van der Waals surface area contributed by atoms with Gasteiger partial charge in [0, 0.05) is 12.6 Å². The van der Waals surface area contributed by atoms with E-state index in [4.69, 9.17) is 0 Å². The highest BCUT2D eigenvalue weighted by molar-refractivity contribution is 5.96. The number of nitrogens with zero attached hydrogens (tertiary/aromatic N) is 1. The van der Waals surface area contributed by atoms with E-state index in [0.29, 0.717) is 6.54 Å². The molecule has 2 rings (SSSR count). The van der Waals surface area contributed by atoms with Gasteiger partial charge in [0.05, 0.1) is 6.04 Å². The number of alkyl halides is 2. The average molecular weight is 341 g/mol. The molecule has 24 heavy (non-hydrogen) atoms. The number of amides is 3. The van der Waals surface area contributed by atoms with Gasteiger partial charge >= 0.3 is 12.6 Å². The lowest BCUT2D eigenvalue weighted by molar-refractivity contribution is -0.124. The van der Waals surface area contributed by atoms with Gasteiger partial charge in [0.1, 0.15) is 5.75 Å². The van der Waals surface area contributed by atoms with Crippen LogP contribution in [0.1, 0.15) is 25.3 Å². The van der Waals surface area contributed by atoms with Crippen LogP contribution in [-0.4, -0.2) is 42.6 Å². The van der Waals surface area contributed by atoms with Crippen molar-refractivity contribution in [3.63, 3.8) is 0 Å². The molecular formula is C16H21F2N3O3. The van der Waals surface area contributed by atoms with Gasteiger partial charge in [-0.1, -0.05) is 12.1 Å². The van der Waals surface area contributed by atoms with Crippen LogP contribution in [0.2, 0.25) is 0 Å². The lowest BCUT2D eigenvalue weighted by Crippen LogP contribution is -2.48. The molecule has 1 aliphatic rings. The molecule has 0 saturated heterocycles. The number of carbonyl (C=O) groups is 2. The summed E-state index contributed by atoms with van der Waals surface area (Å²) in [6.07, 6.45) is 1.89. The Labute approximate surface area is 139 Å². The maximum atomic E-state index is 12.1. The van der Waals surface area contributed by atoms with Gasteiger partial charge in [-0.2, -0.15) is 8.78 Å². The van der Waals surface area contributed by atoms with Crippen molar-refractivity contribution in [2.24, 2.45) is 0 Å². The van der Waals surface area contributed by atoms with Crippen LogP contribution in [0.5, 0.6) is 5.75 Å². The molecule has 0 heterocycles. The van der Waals surface area contributed by atoms with Gasteiger partial charge in [0.25, 0.3) is 0 Å². The van der Waals surface area contributed by atoms with Gasteiger partial charge in [-0.05, 0) is 44.5 Å². The molecule has 132 valence electrons. The summed E-state index contributed by atoms with van der Waals surface area (Å²) in [4.78, 5) is 25.4. The summed E-state index contributed by atoms with van der Waals surface area (Å²) in [7, 11) is 1.74. The number of urea groups is 1. The predicted octanol–water partition coefficient (Wildman–Crippen LogP) is 2.10. The quantitative estimate of drug-likeness (QED) is 0.797. The molecule has 0 spiro atoms. The number of carbonyl (C=O) groups excluding carboxylic acids is 2. The van der Waals surface area contributed by atoms with Crippen molar-refractivity contribution in [1.29, 1.82) is 0 Å². The summed E-state index contributed by atoms with van der Waals surface area (Å²) in [6.45, 7) is -0.744. The topological polar surface area (TPSA) is 70.7 Å². The van der Waals surface area contributed by atoms with Crippen LogP contribution in [0, 0.1) is 0 Å². The Morgan fingerprint density at radius 2 is 1.92 bits per heavy atom. The number of nitrogens with one attached hydrogen (secondary N) is 2. The van der Waals surface area contributed by atoms with E-state index in [9.17, 15) is 18.4 Å². The van der Waals surface area contributed by atoms with Crippen molar-refractivity contribution < 1.29 is 23.1 Å². The molecule has 6 nitrogen and oxygen atoms in total. The third kappa shape index (κ3) is 5.77. The Kier molecular flexibility index (Phi) is 6.08. The third-order valence-corrected chi connectivity index (χ3v) is 3.77. The molecule has 1 aromatic rings. The average Bonchev–Trinajstić information content (AvgIpc) is 3.31. The summed E-state index contributed by atoms with van der Waals surface area (Å²) in [5.41, 5.74) is 0.834.